The van der Waals surface area contributed by atoms with E-state index in [-0.39, 0.29) is 11.7 Å². The van der Waals surface area contributed by atoms with Crippen LogP contribution in [0, 0.1) is 6.92 Å². The second kappa shape index (κ2) is 6.01. The minimum atomic E-state index is -0.158. The molecule has 1 heterocycles. The Labute approximate surface area is 125 Å². The van der Waals surface area contributed by atoms with Crippen LogP contribution in [0.2, 0.25) is 5.02 Å². The summed E-state index contributed by atoms with van der Waals surface area (Å²) in [5, 5.41) is 0.840. The highest BCUT2D eigenvalue weighted by Crippen LogP contribution is 2.25. The number of benzene rings is 1. The first-order chi connectivity index (χ1) is 8.89. The topological polar surface area (TPSA) is 12.5 Å². The maximum absolute atomic E-state index is 6.31. The summed E-state index contributed by atoms with van der Waals surface area (Å²) in [7, 11) is 0. The fraction of sp³-hybridized carbons (Fsp3) is 0.600. The van der Waals surface area contributed by atoms with Gasteiger partial charge in [0.2, 0.25) is 0 Å². The number of nitrogens with zero attached hydrogens (tertiary/aromatic N) is 1. The van der Waals surface area contributed by atoms with Crippen molar-refractivity contribution in [3.63, 3.8) is 0 Å². The first-order valence-corrected chi connectivity index (χ1v) is 7.52. The molecule has 1 saturated heterocycles. The molecule has 1 unspecified atom stereocenters. The molecule has 0 aliphatic carbocycles. The molecule has 0 radical (unpaired) electrons. The Morgan fingerprint density at radius 3 is 2.79 bits per heavy atom. The summed E-state index contributed by atoms with van der Waals surface area (Å²) >= 11 is 12.3. The maximum Gasteiger partial charge on any atom is 0.0845 e. The van der Waals surface area contributed by atoms with Gasteiger partial charge in [-0.05, 0) is 38.0 Å². The van der Waals surface area contributed by atoms with Crippen molar-refractivity contribution in [2.24, 2.45) is 0 Å². The normalized spacial score (nSPS) is 23.5. The van der Waals surface area contributed by atoms with E-state index in [9.17, 15) is 0 Å². The summed E-state index contributed by atoms with van der Waals surface area (Å²) in [6.45, 7) is 8.86. The molecular weight excluding hydrogens is 281 g/mol. The van der Waals surface area contributed by atoms with Crippen molar-refractivity contribution in [3.05, 3.63) is 34.3 Å². The van der Waals surface area contributed by atoms with Gasteiger partial charge in [-0.1, -0.05) is 23.7 Å². The molecule has 2 rings (SSSR count). The van der Waals surface area contributed by atoms with Gasteiger partial charge in [0, 0.05) is 30.5 Å². The van der Waals surface area contributed by atoms with E-state index in [2.05, 4.69) is 37.8 Å². The lowest BCUT2D eigenvalue weighted by atomic mass is 10.0. The zero-order valence-electron chi connectivity index (χ0n) is 11.7. The molecule has 1 aromatic rings. The molecule has 2 nitrogen and oxygen atoms in total. The first kappa shape index (κ1) is 15.1. The van der Waals surface area contributed by atoms with Gasteiger partial charge in [-0.25, -0.2) is 0 Å². The average Bonchev–Trinajstić information content (AvgIpc) is 2.31. The second-order valence-corrected chi connectivity index (χ2v) is 6.63. The molecule has 1 atom stereocenters. The van der Waals surface area contributed by atoms with E-state index in [1.807, 2.05) is 6.07 Å². The Kier molecular flexibility index (Phi) is 4.78. The van der Waals surface area contributed by atoms with Gasteiger partial charge in [-0.2, -0.15) is 0 Å². The number of hydrogen-bond donors (Lipinski definition) is 0. The largest absolute Gasteiger partial charge is 0.368 e. The summed E-state index contributed by atoms with van der Waals surface area (Å²) in [6, 6.07) is 6.23. The molecule has 1 aromatic carbocycles. The maximum atomic E-state index is 6.31. The average molecular weight is 302 g/mol. The molecule has 0 saturated carbocycles. The molecule has 0 aromatic heterocycles. The molecular formula is C15H21Cl2NO. The van der Waals surface area contributed by atoms with Gasteiger partial charge in [0.05, 0.1) is 11.7 Å². The van der Waals surface area contributed by atoms with Crippen LogP contribution in [0.3, 0.4) is 0 Å². The van der Waals surface area contributed by atoms with Gasteiger partial charge in [0.15, 0.2) is 0 Å². The summed E-state index contributed by atoms with van der Waals surface area (Å²) in [5.74, 6) is 0.529. The summed E-state index contributed by atoms with van der Waals surface area (Å²) in [5.41, 5.74) is 2.20. The van der Waals surface area contributed by atoms with Gasteiger partial charge in [0.25, 0.3) is 0 Å². The molecule has 1 aliphatic rings. The van der Waals surface area contributed by atoms with Crippen molar-refractivity contribution >= 4 is 23.2 Å². The summed E-state index contributed by atoms with van der Waals surface area (Å²) < 4.78 is 5.93. The van der Waals surface area contributed by atoms with Crippen molar-refractivity contribution in [1.29, 1.82) is 0 Å². The van der Waals surface area contributed by atoms with E-state index >= 15 is 0 Å². The van der Waals surface area contributed by atoms with Crippen LogP contribution in [0.15, 0.2) is 18.2 Å². The molecule has 0 bridgehead atoms. The minimum absolute atomic E-state index is 0.0923. The highest BCUT2D eigenvalue weighted by Gasteiger charge is 2.32. The third-order valence-corrected chi connectivity index (χ3v) is 4.02. The van der Waals surface area contributed by atoms with Crippen LogP contribution in [0.5, 0.6) is 0 Å². The zero-order chi connectivity index (χ0) is 14.0. The molecule has 0 amide bonds. The Morgan fingerprint density at radius 2 is 2.16 bits per heavy atom. The van der Waals surface area contributed by atoms with Crippen LogP contribution >= 0.6 is 23.2 Å². The summed E-state index contributed by atoms with van der Waals surface area (Å²) in [4.78, 5) is 2.37. The van der Waals surface area contributed by atoms with Crippen molar-refractivity contribution in [2.75, 3.05) is 19.0 Å². The Bertz CT molecular complexity index is 448. The predicted molar refractivity (Wildman–Crippen MR) is 81.1 cm³/mol. The quantitative estimate of drug-likeness (QED) is 0.786. The standard InChI is InChI=1S/C15H21Cl2NO/c1-11-4-5-12(14(17)6-11)8-18-9-13(7-16)19-15(2,3)10-18/h4-6,13H,7-10H2,1-3H3. The number of hydrogen-bond acceptors (Lipinski definition) is 2. The Balaban J connectivity index is 2.09. The van der Waals surface area contributed by atoms with Crippen LogP contribution < -0.4 is 0 Å². The van der Waals surface area contributed by atoms with Crippen LogP contribution in [0.1, 0.15) is 25.0 Å². The fourth-order valence-corrected chi connectivity index (χ4v) is 3.09. The number of halogens is 2. The van der Waals surface area contributed by atoms with E-state index in [1.165, 1.54) is 11.1 Å². The summed E-state index contributed by atoms with van der Waals surface area (Å²) in [6.07, 6.45) is 0.0923. The van der Waals surface area contributed by atoms with Crippen LogP contribution in [-0.2, 0) is 11.3 Å². The number of ether oxygens (including phenoxy) is 1. The van der Waals surface area contributed by atoms with Gasteiger partial charge in [-0.15, -0.1) is 11.6 Å². The second-order valence-electron chi connectivity index (χ2n) is 5.92. The van der Waals surface area contributed by atoms with E-state index in [0.717, 1.165) is 24.7 Å². The molecule has 106 valence electrons. The predicted octanol–water partition coefficient (Wildman–Crippen LogP) is 3.87. The highest BCUT2D eigenvalue weighted by atomic mass is 35.5. The molecule has 19 heavy (non-hydrogen) atoms. The van der Waals surface area contributed by atoms with Crippen molar-refractivity contribution in [2.45, 2.75) is 39.0 Å². The van der Waals surface area contributed by atoms with Gasteiger partial charge in [-0.3, -0.25) is 4.90 Å². The lowest BCUT2D eigenvalue weighted by Gasteiger charge is -2.42. The SMILES string of the molecule is Cc1ccc(CN2CC(CCl)OC(C)(C)C2)c(Cl)c1. The molecule has 1 aliphatic heterocycles. The number of rotatable bonds is 3. The van der Waals surface area contributed by atoms with Crippen molar-refractivity contribution in [3.8, 4) is 0 Å². The van der Waals surface area contributed by atoms with Crippen molar-refractivity contribution in [1.82, 2.24) is 4.90 Å². The number of aryl methyl sites for hydroxylation is 1. The Hall–Kier alpha value is -0.280. The number of morpholine rings is 1. The molecule has 0 N–H and O–H groups in total. The molecule has 4 heteroatoms. The van der Waals surface area contributed by atoms with Crippen LogP contribution in [0.4, 0.5) is 0 Å². The van der Waals surface area contributed by atoms with E-state index in [0.29, 0.717) is 5.88 Å². The van der Waals surface area contributed by atoms with Crippen molar-refractivity contribution < 1.29 is 4.74 Å². The molecule has 0 spiro atoms. The van der Waals surface area contributed by atoms with E-state index in [4.69, 9.17) is 27.9 Å². The lowest BCUT2D eigenvalue weighted by molar-refractivity contribution is -0.129. The van der Waals surface area contributed by atoms with Gasteiger partial charge in [0.1, 0.15) is 0 Å². The van der Waals surface area contributed by atoms with Gasteiger partial charge < -0.3 is 4.74 Å². The van der Waals surface area contributed by atoms with E-state index in [1.54, 1.807) is 0 Å². The minimum Gasteiger partial charge on any atom is -0.368 e. The lowest BCUT2D eigenvalue weighted by Crippen LogP contribution is -2.52. The van der Waals surface area contributed by atoms with E-state index < -0.39 is 0 Å². The number of alkyl halides is 1. The van der Waals surface area contributed by atoms with Crippen LogP contribution in [0.25, 0.3) is 0 Å². The smallest absolute Gasteiger partial charge is 0.0845 e. The van der Waals surface area contributed by atoms with Gasteiger partial charge >= 0.3 is 0 Å². The Morgan fingerprint density at radius 1 is 1.42 bits per heavy atom. The third-order valence-electron chi connectivity index (χ3n) is 3.33. The fourth-order valence-electron chi connectivity index (χ4n) is 2.64. The zero-order valence-corrected chi connectivity index (χ0v) is 13.3. The first-order valence-electron chi connectivity index (χ1n) is 6.61. The highest BCUT2D eigenvalue weighted by molar-refractivity contribution is 6.31. The monoisotopic (exact) mass is 301 g/mol. The van der Waals surface area contributed by atoms with Crippen LogP contribution in [-0.4, -0.2) is 35.6 Å². The third kappa shape index (κ3) is 4.09. The molecule has 1 fully saturated rings.